The average Bonchev–Trinajstić information content (AvgIpc) is 2.79. The summed E-state index contributed by atoms with van der Waals surface area (Å²) in [6, 6.07) is 4.95. The lowest BCUT2D eigenvalue weighted by molar-refractivity contribution is -0.133. The molecular weight excluding hydrogens is 273 g/mol. The van der Waals surface area contributed by atoms with Gasteiger partial charge in [-0.15, -0.1) is 11.3 Å². The number of hydrogen-bond donors (Lipinski definition) is 1. The zero-order chi connectivity index (χ0) is 13.1. The van der Waals surface area contributed by atoms with Crippen LogP contribution >= 0.6 is 23.1 Å². The molecule has 1 aromatic carbocycles. The Morgan fingerprint density at radius 1 is 1.56 bits per heavy atom. The lowest BCUT2D eigenvalue weighted by Gasteiger charge is -1.99. The Morgan fingerprint density at radius 2 is 2.33 bits per heavy atom. The molecule has 0 fully saturated rings. The van der Waals surface area contributed by atoms with Crippen LogP contribution in [0.5, 0.6) is 0 Å². The van der Waals surface area contributed by atoms with Gasteiger partial charge in [0, 0.05) is 10.9 Å². The highest BCUT2D eigenvalue weighted by atomic mass is 32.2. The zero-order valence-corrected chi connectivity index (χ0v) is 11.1. The molecule has 1 N–H and O–H groups in total. The Labute approximate surface area is 112 Å². The van der Waals surface area contributed by atoms with Crippen molar-refractivity contribution in [3.05, 3.63) is 35.0 Å². The lowest BCUT2D eigenvalue weighted by atomic mass is 10.1. The maximum atomic E-state index is 13.4. The minimum Gasteiger partial charge on any atom is -0.481 e. The molecule has 0 aliphatic rings. The van der Waals surface area contributed by atoms with Crippen molar-refractivity contribution in [1.29, 1.82) is 0 Å². The third-order valence-electron chi connectivity index (χ3n) is 2.27. The van der Waals surface area contributed by atoms with Crippen LogP contribution in [0.2, 0.25) is 0 Å². The van der Waals surface area contributed by atoms with Gasteiger partial charge in [0.15, 0.2) is 4.34 Å². The number of hydrogen-bond acceptors (Lipinski definition) is 4. The fourth-order valence-electron chi connectivity index (χ4n) is 1.33. The van der Waals surface area contributed by atoms with Crippen LogP contribution in [0, 0.1) is 12.7 Å². The molecule has 3 nitrogen and oxygen atoms in total. The number of benzene rings is 1. The molecule has 6 heteroatoms. The van der Waals surface area contributed by atoms with Crippen LogP contribution in [0.25, 0.3) is 11.3 Å². The quantitative estimate of drug-likeness (QED) is 0.873. The number of aliphatic carboxylic acids is 1. The average molecular weight is 283 g/mol. The highest BCUT2D eigenvalue weighted by Gasteiger charge is 2.08. The van der Waals surface area contributed by atoms with Crippen LogP contribution < -0.4 is 0 Å². The topological polar surface area (TPSA) is 50.2 Å². The number of carbonyl (C=O) groups is 1. The number of thioether (sulfide) groups is 1. The molecule has 0 unspecified atom stereocenters. The molecule has 18 heavy (non-hydrogen) atoms. The third-order valence-corrected chi connectivity index (χ3v) is 4.28. The maximum absolute atomic E-state index is 13.4. The zero-order valence-electron chi connectivity index (χ0n) is 9.51. The highest BCUT2D eigenvalue weighted by Crippen LogP contribution is 2.28. The van der Waals surface area contributed by atoms with Gasteiger partial charge in [-0.2, -0.15) is 0 Å². The molecule has 0 saturated heterocycles. The fourth-order valence-corrected chi connectivity index (χ4v) is 2.89. The summed E-state index contributed by atoms with van der Waals surface area (Å²) in [4.78, 5) is 14.7. The Kier molecular flexibility index (Phi) is 3.98. The summed E-state index contributed by atoms with van der Waals surface area (Å²) in [5.74, 6) is -1.16. The predicted molar refractivity (Wildman–Crippen MR) is 70.6 cm³/mol. The second kappa shape index (κ2) is 5.49. The Morgan fingerprint density at radius 3 is 3.00 bits per heavy atom. The van der Waals surface area contributed by atoms with Crippen molar-refractivity contribution in [3.8, 4) is 11.3 Å². The largest absolute Gasteiger partial charge is 0.481 e. The van der Waals surface area contributed by atoms with E-state index in [4.69, 9.17) is 5.11 Å². The molecule has 1 heterocycles. The van der Waals surface area contributed by atoms with Gasteiger partial charge in [0.1, 0.15) is 5.82 Å². The second-order valence-corrected chi connectivity index (χ2v) is 5.73. The summed E-state index contributed by atoms with van der Waals surface area (Å²) in [5, 5.41) is 10.4. The van der Waals surface area contributed by atoms with Crippen LogP contribution in [0.3, 0.4) is 0 Å². The van der Waals surface area contributed by atoms with Gasteiger partial charge in [-0.3, -0.25) is 4.79 Å². The third kappa shape index (κ3) is 3.08. The van der Waals surface area contributed by atoms with E-state index in [0.717, 1.165) is 0 Å². The highest BCUT2D eigenvalue weighted by molar-refractivity contribution is 8.01. The molecule has 0 amide bonds. The summed E-state index contributed by atoms with van der Waals surface area (Å²) in [6.07, 6.45) is 0. The Hall–Kier alpha value is -1.40. The van der Waals surface area contributed by atoms with E-state index in [2.05, 4.69) is 4.98 Å². The Bertz CT molecular complexity index is 583. The van der Waals surface area contributed by atoms with Crippen molar-refractivity contribution in [3.63, 3.8) is 0 Å². The van der Waals surface area contributed by atoms with Crippen LogP contribution in [0.4, 0.5) is 4.39 Å². The molecular formula is C12H10FNO2S2. The summed E-state index contributed by atoms with van der Waals surface area (Å²) in [5.41, 5.74) is 1.97. The first-order valence-electron chi connectivity index (χ1n) is 5.13. The van der Waals surface area contributed by atoms with E-state index < -0.39 is 5.97 Å². The maximum Gasteiger partial charge on any atom is 0.313 e. The van der Waals surface area contributed by atoms with E-state index in [1.54, 1.807) is 24.4 Å². The molecule has 0 atom stereocenters. The molecule has 2 aromatic rings. The molecule has 94 valence electrons. The molecule has 1 aromatic heterocycles. The van der Waals surface area contributed by atoms with Crippen molar-refractivity contribution >= 4 is 29.1 Å². The molecule has 2 rings (SSSR count). The molecule has 0 aliphatic heterocycles. The minimum atomic E-state index is -0.877. The standard InChI is InChI=1S/C12H10FNO2S2/c1-7-2-3-8(4-9(7)13)10-5-17-12(14-10)18-6-11(15)16/h2-5H,6H2,1H3,(H,15,16). The van der Waals surface area contributed by atoms with Gasteiger partial charge in [0.2, 0.25) is 0 Å². The van der Waals surface area contributed by atoms with E-state index in [9.17, 15) is 9.18 Å². The van der Waals surface area contributed by atoms with Crippen molar-refractivity contribution in [2.75, 3.05) is 5.75 Å². The van der Waals surface area contributed by atoms with E-state index in [1.807, 2.05) is 0 Å². The lowest BCUT2D eigenvalue weighted by Crippen LogP contribution is -1.96. The summed E-state index contributed by atoms with van der Waals surface area (Å²) >= 11 is 2.53. The summed E-state index contributed by atoms with van der Waals surface area (Å²) in [7, 11) is 0. The van der Waals surface area contributed by atoms with Gasteiger partial charge in [0.05, 0.1) is 11.4 Å². The summed E-state index contributed by atoms with van der Waals surface area (Å²) < 4.78 is 14.1. The van der Waals surface area contributed by atoms with Gasteiger partial charge in [0.25, 0.3) is 0 Å². The van der Waals surface area contributed by atoms with E-state index in [0.29, 0.717) is 21.2 Å². The first-order chi connectivity index (χ1) is 8.56. The number of aromatic nitrogens is 1. The number of carboxylic acid groups (broad SMARTS) is 1. The SMILES string of the molecule is Cc1ccc(-c2csc(SCC(=O)O)n2)cc1F. The van der Waals surface area contributed by atoms with Crippen molar-refractivity contribution in [2.45, 2.75) is 11.3 Å². The number of aryl methyl sites for hydroxylation is 1. The first-order valence-corrected chi connectivity index (χ1v) is 6.99. The van der Waals surface area contributed by atoms with Crippen molar-refractivity contribution < 1.29 is 14.3 Å². The van der Waals surface area contributed by atoms with E-state index in [1.165, 1.54) is 29.2 Å². The molecule has 0 bridgehead atoms. The summed E-state index contributed by atoms with van der Waals surface area (Å²) in [6.45, 7) is 1.70. The smallest absolute Gasteiger partial charge is 0.313 e. The molecule has 0 radical (unpaired) electrons. The van der Waals surface area contributed by atoms with E-state index in [-0.39, 0.29) is 11.6 Å². The monoisotopic (exact) mass is 283 g/mol. The Balaban J connectivity index is 2.18. The number of nitrogens with zero attached hydrogens (tertiary/aromatic N) is 1. The molecule has 0 saturated carbocycles. The van der Waals surface area contributed by atoms with Crippen molar-refractivity contribution in [2.24, 2.45) is 0 Å². The van der Waals surface area contributed by atoms with Crippen LogP contribution in [0.1, 0.15) is 5.56 Å². The van der Waals surface area contributed by atoms with Gasteiger partial charge in [-0.1, -0.05) is 23.9 Å². The van der Waals surface area contributed by atoms with E-state index >= 15 is 0 Å². The number of rotatable bonds is 4. The first kappa shape index (κ1) is 13.0. The van der Waals surface area contributed by atoms with Gasteiger partial charge in [-0.25, -0.2) is 9.37 Å². The normalized spacial score (nSPS) is 10.6. The fraction of sp³-hybridized carbons (Fsp3) is 0.167. The van der Waals surface area contributed by atoms with Gasteiger partial charge >= 0.3 is 5.97 Å². The number of carboxylic acids is 1. The van der Waals surface area contributed by atoms with Crippen LogP contribution in [0.15, 0.2) is 27.9 Å². The molecule has 0 aliphatic carbocycles. The van der Waals surface area contributed by atoms with Crippen LogP contribution in [-0.4, -0.2) is 21.8 Å². The second-order valence-electron chi connectivity index (χ2n) is 3.65. The van der Waals surface area contributed by atoms with Gasteiger partial charge in [-0.05, 0) is 18.6 Å². The number of thiazole rings is 1. The number of halogens is 1. The van der Waals surface area contributed by atoms with Crippen molar-refractivity contribution in [1.82, 2.24) is 4.98 Å². The van der Waals surface area contributed by atoms with Gasteiger partial charge < -0.3 is 5.11 Å². The minimum absolute atomic E-state index is 0.0186. The van der Waals surface area contributed by atoms with Crippen LogP contribution in [-0.2, 0) is 4.79 Å². The molecule has 0 spiro atoms. The predicted octanol–water partition coefficient (Wildman–Crippen LogP) is 3.43.